The molecule has 3 aromatic rings. The summed E-state index contributed by atoms with van der Waals surface area (Å²) in [5.74, 6) is -0.189. The van der Waals surface area contributed by atoms with Crippen molar-refractivity contribution in [1.82, 2.24) is 19.5 Å². The number of piperazine rings is 1. The lowest BCUT2D eigenvalue weighted by atomic mass is 10.2. The lowest BCUT2D eigenvalue weighted by molar-refractivity contribution is 0.0947. The number of carbonyl (C=O) groups is 1. The molecule has 0 radical (unpaired) electrons. The third kappa shape index (κ3) is 6.67. The normalized spacial score (nSPS) is 15.0. The number of hydrogen-bond donors (Lipinski definition) is 1. The minimum atomic E-state index is -3.55. The lowest BCUT2D eigenvalue weighted by Gasteiger charge is -2.34. The average molecular weight is 544 g/mol. The first-order chi connectivity index (χ1) is 17.8. The average Bonchev–Trinajstić information content (AvgIpc) is 3.32. The van der Waals surface area contributed by atoms with Gasteiger partial charge in [0.25, 0.3) is 5.91 Å². The van der Waals surface area contributed by atoms with E-state index in [1.807, 2.05) is 13.8 Å². The zero-order valence-corrected chi connectivity index (χ0v) is 23.6. The Morgan fingerprint density at radius 1 is 1.03 bits per heavy atom. The summed E-state index contributed by atoms with van der Waals surface area (Å²) in [4.78, 5) is 22.3. The number of benzene rings is 2. The molecule has 2 heterocycles. The predicted molar refractivity (Wildman–Crippen MR) is 151 cm³/mol. The molecule has 2 aromatic carbocycles. The van der Waals surface area contributed by atoms with Crippen LogP contribution in [0.4, 0.5) is 5.13 Å². The number of nitrogens with zero attached hydrogens (tertiary/aromatic N) is 4. The minimum absolute atomic E-state index is 0.189. The molecule has 0 unspecified atom stereocenters. The van der Waals surface area contributed by atoms with Crippen LogP contribution in [0.5, 0.6) is 0 Å². The van der Waals surface area contributed by atoms with Crippen LogP contribution in [0.2, 0.25) is 0 Å². The third-order valence-electron chi connectivity index (χ3n) is 6.59. The highest BCUT2D eigenvalue weighted by Crippen LogP contribution is 2.30. The number of anilines is 1. The summed E-state index contributed by atoms with van der Waals surface area (Å²) in [6.45, 7) is 12.0. The van der Waals surface area contributed by atoms with Gasteiger partial charge in [-0.2, -0.15) is 4.31 Å². The van der Waals surface area contributed by atoms with Crippen molar-refractivity contribution in [2.45, 2.75) is 38.5 Å². The number of carbonyl (C=O) groups excluding carboxylic acids is 1. The highest BCUT2D eigenvalue weighted by Gasteiger charge is 2.23. The number of aryl methyl sites for hydroxylation is 1. The second kappa shape index (κ2) is 12.3. The van der Waals surface area contributed by atoms with Crippen LogP contribution in [0.25, 0.3) is 10.2 Å². The molecule has 1 aliphatic rings. The first-order valence-electron chi connectivity index (χ1n) is 13.0. The van der Waals surface area contributed by atoms with E-state index in [1.54, 1.807) is 23.5 Å². The Hall–Kier alpha value is -2.53. The zero-order chi connectivity index (χ0) is 26.4. The number of rotatable bonds is 11. The Morgan fingerprint density at radius 3 is 2.35 bits per heavy atom. The van der Waals surface area contributed by atoms with Crippen molar-refractivity contribution in [2.24, 2.45) is 0 Å². The molecule has 1 saturated heterocycles. The summed E-state index contributed by atoms with van der Waals surface area (Å²) in [7, 11) is -3.55. The summed E-state index contributed by atoms with van der Waals surface area (Å²) >= 11 is 1.75. The van der Waals surface area contributed by atoms with Crippen LogP contribution in [-0.2, 0) is 10.0 Å². The van der Waals surface area contributed by atoms with Crippen molar-refractivity contribution in [3.63, 3.8) is 0 Å². The molecule has 200 valence electrons. The molecule has 1 aromatic heterocycles. The molecular formula is C27H37N5O3S2. The number of fused-ring (bicyclic) bond motifs is 1. The Bertz CT molecular complexity index is 1290. The monoisotopic (exact) mass is 543 g/mol. The van der Waals surface area contributed by atoms with E-state index in [0.717, 1.165) is 56.2 Å². The van der Waals surface area contributed by atoms with Crippen molar-refractivity contribution in [2.75, 3.05) is 57.3 Å². The summed E-state index contributed by atoms with van der Waals surface area (Å²) in [5.41, 5.74) is 2.77. The van der Waals surface area contributed by atoms with Crippen LogP contribution in [-0.4, -0.2) is 80.9 Å². The van der Waals surface area contributed by atoms with E-state index >= 15 is 0 Å². The minimum Gasteiger partial charge on any atom is -0.351 e. The zero-order valence-electron chi connectivity index (χ0n) is 21.9. The van der Waals surface area contributed by atoms with Gasteiger partial charge in [0, 0.05) is 57.9 Å². The molecule has 4 rings (SSSR count). The first kappa shape index (κ1) is 27.5. The molecule has 10 heteroatoms. The van der Waals surface area contributed by atoms with Crippen molar-refractivity contribution in [1.29, 1.82) is 0 Å². The number of nitrogens with one attached hydrogen (secondary N) is 1. The summed E-state index contributed by atoms with van der Waals surface area (Å²) < 4.78 is 28.6. The van der Waals surface area contributed by atoms with Crippen molar-refractivity contribution in [3.05, 3.63) is 53.6 Å². The second-order valence-corrected chi connectivity index (χ2v) is 12.4. The van der Waals surface area contributed by atoms with Crippen molar-refractivity contribution >= 4 is 42.6 Å². The number of hydrogen-bond acceptors (Lipinski definition) is 7. The number of amides is 1. The molecular weight excluding hydrogens is 506 g/mol. The summed E-state index contributed by atoms with van der Waals surface area (Å²) in [6.07, 6.45) is 1.52. The molecule has 1 amide bonds. The van der Waals surface area contributed by atoms with Crippen molar-refractivity contribution in [3.8, 4) is 0 Å². The Morgan fingerprint density at radius 2 is 1.70 bits per heavy atom. The largest absolute Gasteiger partial charge is 0.351 e. The number of aromatic nitrogens is 1. The fourth-order valence-corrected chi connectivity index (χ4v) is 7.27. The van der Waals surface area contributed by atoms with Crippen LogP contribution in [0.3, 0.4) is 0 Å². The summed E-state index contributed by atoms with van der Waals surface area (Å²) in [6, 6.07) is 12.6. The Kier molecular flexibility index (Phi) is 9.17. The van der Waals surface area contributed by atoms with Gasteiger partial charge in [0.05, 0.1) is 15.1 Å². The molecule has 0 bridgehead atoms. The first-order valence-corrected chi connectivity index (χ1v) is 15.3. The van der Waals surface area contributed by atoms with Gasteiger partial charge in [-0.3, -0.25) is 9.69 Å². The highest BCUT2D eigenvalue weighted by atomic mass is 32.2. The van der Waals surface area contributed by atoms with E-state index in [4.69, 9.17) is 4.98 Å². The van der Waals surface area contributed by atoms with Crippen LogP contribution in [0, 0.1) is 6.92 Å². The fraction of sp³-hybridized carbons (Fsp3) is 0.481. The van der Waals surface area contributed by atoms with Gasteiger partial charge in [-0.05, 0) is 61.7 Å². The van der Waals surface area contributed by atoms with E-state index in [0.29, 0.717) is 25.2 Å². The maximum Gasteiger partial charge on any atom is 0.251 e. The highest BCUT2D eigenvalue weighted by molar-refractivity contribution is 7.89. The maximum atomic E-state index is 12.9. The van der Waals surface area contributed by atoms with Gasteiger partial charge in [0.15, 0.2) is 5.13 Å². The number of sulfonamides is 1. The maximum absolute atomic E-state index is 12.9. The molecule has 1 aliphatic heterocycles. The quantitative estimate of drug-likeness (QED) is 0.394. The van der Waals surface area contributed by atoms with Gasteiger partial charge >= 0.3 is 0 Å². The second-order valence-electron chi connectivity index (χ2n) is 9.48. The predicted octanol–water partition coefficient (Wildman–Crippen LogP) is 3.97. The molecule has 37 heavy (non-hydrogen) atoms. The molecule has 0 aliphatic carbocycles. The molecule has 1 fully saturated rings. The smallest absolute Gasteiger partial charge is 0.251 e. The molecule has 0 atom stereocenters. The van der Waals surface area contributed by atoms with Crippen LogP contribution in [0.1, 0.15) is 42.6 Å². The van der Waals surface area contributed by atoms with Crippen LogP contribution < -0.4 is 10.2 Å². The van der Waals surface area contributed by atoms with Crippen LogP contribution >= 0.6 is 11.3 Å². The lowest BCUT2D eigenvalue weighted by Crippen LogP contribution is -2.48. The van der Waals surface area contributed by atoms with Gasteiger partial charge < -0.3 is 10.2 Å². The van der Waals surface area contributed by atoms with E-state index in [2.05, 4.69) is 40.2 Å². The van der Waals surface area contributed by atoms with Crippen LogP contribution in [0.15, 0.2) is 47.4 Å². The van der Waals surface area contributed by atoms with Gasteiger partial charge in [0.1, 0.15) is 0 Å². The summed E-state index contributed by atoms with van der Waals surface area (Å²) in [5, 5.41) is 4.04. The third-order valence-corrected chi connectivity index (χ3v) is 9.58. The van der Waals surface area contributed by atoms with Crippen molar-refractivity contribution < 1.29 is 13.2 Å². The van der Waals surface area contributed by atoms with E-state index < -0.39 is 10.0 Å². The Balaban J connectivity index is 1.24. The SMILES string of the molecule is CCCN(CCC)S(=O)(=O)c1ccc(C(=O)NCCN2CCN(c3nc4ccc(C)cc4s3)CC2)cc1. The Labute approximate surface area is 224 Å². The number of thiazole rings is 1. The van der Waals surface area contributed by atoms with Gasteiger partial charge in [-0.1, -0.05) is 31.3 Å². The standard InChI is InChI=1S/C27H37N5O3S2/c1-4-13-32(14-5-2)37(34,35)23-9-7-22(8-10-23)26(33)28-12-15-30-16-18-31(19-17-30)27-29-24-11-6-21(3)20-25(24)36-27/h6-11,20H,4-5,12-19H2,1-3H3,(H,28,33). The molecule has 8 nitrogen and oxygen atoms in total. The molecule has 0 saturated carbocycles. The van der Waals surface area contributed by atoms with E-state index in [9.17, 15) is 13.2 Å². The van der Waals surface area contributed by atoms with Gasteiger partial charge in [-0.25, -0.2) is 13.4 Å². The van der Waals surface area contributed by atoms with E-state index in [-0.39, 0.29) is 10.8 Å². The van der Waals surface area contributed by atoms with Gasteiger partial charge in [0.2, 0.25) is 10.0 Å². The molecule has 0 spiro atoms. The van der Waals surface area contributed by atoms with Gasteiger partial charge in [-0.15, -0.1) is 0 Å². The fourth-order valence-electron chi connectivity index (χ4n) is 4.53. The molecule has 1 N–H and O–H groups in total. The van der Waals surface area contributed by atoms with E-state index in [1.165, 1.54) is 26.7 Å². The topological polar surface area (TPSA) is 85.8 Å².